The number of hydrogen-bond acceptors (Lipinski definition) is 2. The van der Waals surface area contributed by atoms with Gasteiger partial charge < -0.3 is 10.6 Å². The molecule has 106 valence electrons. The Labute approximate surface area is 125 Å². The summed E-state index contributed by atoms with van der Waals surface area (Å²) in [6.07, 6.45) is 0. The Hall–Kier alpha value is -1.88. The molecule has 0 bridgehead atoms. The number of hydrogen-bond donors (Lipinski definition) is 2. The molecule has 1 aromatic heterocycles. The predicted octanol–water partition coefficient (Wildman–Crippen LogP) is 2.83. The van der Waals surface area contributed by atoms with E-state index in [1.54, 1.807) is 0 Å². The van der Waals surface area contributed by atoms with Crippen molar-refractivity contribution >= 4 is 23.0 Å². The van der Waals surface area contributed by atoms with Crippen molar-refractivity contribution in [2.75, 3.05) is 5.32 Å². The highest BCUT2D eigenvalue weighted by Gasteiger charge is 2.04. The van der Waals surface area contributed by atoms with E-state index >= 15 is 0 Å². The zero-order chi connectivity index (χ0) is 14.7. The van der Waals surface area contributed by atoms with Crippen molar-refractivity contribution in [3.05, 3.63) is 46.8 Å². The molecule has 0 atom stereocenters. The summed E-state index contributed by atoms with van der Waals surface area (Å²) in [6.45, 7) is 6.78. The van der Waals surface area contributed by atoms with Crippen molar-refractivity contribution in [3.63, 3.8) is 0 Å². The molecule has 1 heterocycles. The van der Waals surface area contributed by atoms with Gasteiger partial charge in [-0.1, -0.05) is 12.1 Å². The molecule has 5 heteroatoms. The summed E-state index contributed by atoms with van der Waals surface area (Å²) >= 11 is 5.32. The summed E-state index contributed by atoms with van der Waals surface area (Å²) in [5, 5.41) is 11.4. The summed E-state index contributed by atoms with van der Waals surface area (Å²) in [5.74, 6) is 0. The molecule has 4 nitrogen and oxygen atoms in total. The first-order valence-corrected chi connectivity index (χ1v) is 6.98. The Morgan fingerprint density at radius 3 is 2.65 bits per heavy atom. The van der Waals surface area contributed by atoms with Crippen LogP contribution in [-0.4, -0.2) is 14.9 Å². The number of rotatable bonds is 3. The molecule has 0 aliphatic heterocycles. The molecule has 0 aliphatic carbocycles. The molecule has 0 aliphatic rings. The molecule has 0 fully saturated rings. The van der Waals surface area contributed by atoms with Gasteiger partial charge in [0.05, 0.1) is 12.2 Å². The van der Waals surface area contributed by atoms with Crippen LogP contribution in [0.2, 0.25) is 0 Å². The van der Waals surface area contributed by atoms with Gasteiger partial charge in [-0.05, 0) is 56.2 Å². The molecule has 0 radical (unpaired) electrons. The zero-order valence-electron chi connectivity index (χ0n) is 12.3. The topological polar surface area (TPSA) is 41.9 Å². The molecule has 0 spiro atoms. The van der Waals surface area contributed by atoms with Crippen molar-refractivity contribution in [3.8, 4) is 0 Å². The Morgan fingerprint density at radius 2 is 2.00 bits per heavy atom. The van der Waals surface area contributed by atoms with Crippen LogP contribution >= 0.6 is 12.2 Å². The Kier molecular flexibility index (Phi) is 4.39. The van der Waals surface area contributed by atoms with Crippen LogP contribution in [0.5, 0.6) is 0 Å². The van der Waals surface area contributed by atoms with Crippen molar-refractivity contribution in [2.24, 2.45) is 7.05 Å². The first kappa shape index (κ1) is 14.5. The summed E-state index contributed by atoms with van der Waals surface area (Å²) in [5.41, 5.74) is 5.54. The minimum Gasteiger partial charge on any atom is -0.357 e. The third-order valence-electron chi connectivity index (χ3n) is 3.24. The first-order valence-electron chi connectivity index (χ1n) is 6.57. The summed E-state index contributed by atoms with van der Waals surface area (Å²) < 4.78 is 1.86. The second-order valence-corrected chi connectivity index (χ2v) is 5.43. The molecule has 2 rings (SSSR count). The lowest BCUT2D eigenvalue weighted by atomic mass is 10.1. The molecule has 0 unspecified atom stereocenters. The highest BCUT2D eigenvalue weighted by molar-refractivity contribution is 7.80. The van der Waals surface area contributed by atoms with Gasteiger partial charge in [0.1, 0.15) is 0 Å². The smallest absolute Gasteiger partial charge is 0.171 e. The molecule has 0 amide bonds. The lowest BCUT2D eigenvalue weighted by molar-refractivity contribution is 0.712. The van der Waals surface area contributed by atoms with Crippen LogP contribution in [-0.2, 0) is 13.6 Å². The number of anilines is 1. The van der Waals surface area contributed by atoms with Gasteiger partial charge in [0.15, 0.2) is 5.11 Å². The van der Waals surface area contributed by atoms with E-state index in [-0.39, 0.29) is 0 Å². The van der Waals surface area contributed by atoms with Gasteiger partial charge in [-0.15, -0.1) is 0 Å². The maximum Gasteiger partial charge on any atom is 0.171 e. The van der Waals surface area contributed by atoms with E-state index in [9.17, 15) is 0 Å². The van der Waals surface area contributed by atoms with Crippen molar-refractivity contribution in [2.45, 2.75) is 27.3 Å². The van der Waals surface area contributed by atoms with Crippen LogP contribution in [0.1, 0.15) is 22.5 Å². The minimum atomic E-state index is 0.613. The molecule has 2 aromatic rings. The second kappa shape index (κ2) is 6.05. The number of aryl methyl sites for hydroxylation is 4. The van der Waals surface area contributed by atoms with E-state index in [2.05, 4.69) is 47.8 Å². The number of benzene rings is 1. The fourth-order valence-corrected chi connectivity index (χ4v) is 2.11. The quantitative estimate of drug-likeness (QED) is 0.852. The number of nitrogens with one attached hydrogen (secondary N) is 2. The van der Waals surface area contributed by atoms with Gasteiger partial charge in [0.25, 0.3) is 0 Å². The van der Waals surface area contributed by atoms with Gasteiger partial charge in [0, 0.05) is 18.4 Å². The van der Waals surface area contributed by atoms with E-state index in [1.165, 1.54) is 11.1 Å². The molecule has 20 heavy (non-hydrogen) atoms. The summed E-state index contributed by atoms with van der Waals surface area (Å²) in [4.78, 5) is 0. The van der Waals surface area contributed by atoms with E-state index in [0.29, 0.717) is 11.7 Å². The van der Waals surface area contributed by atoms with Crippen LogP contribution in [0.15, 0.2) is 24.3 Å². The maximum absolute atomic E-state index is 5.32. The van der Waals surface area contributed by atoms with Crippen LogP contribution < -0.4 is 10.6 Å². The Bertz CT molecular complexity index is 611. The highest BCUT2D eigenvalue weighted by atomic mass is 32.1. The fraction of sp³-hybridized carbons (Fsp3) is 0.333. The van der Waals surface area contributed by atoms with Gasteiger partial charge in [-0.2, -0.15) is 5.10 Å². The van der Waals surface area contributed by atoms with E-state index < -0.39 is 0 Å². The van der Waals surface area contributed by atoms with Gasteiger partial charge in [0.2, 0.25) is 0 Å². The number of nitrogens with zero attached hydrogens (tertiary/aromatic N) is 2. The molecular weight excluding hydrogens is 268 g/mol. The zero-order valence-corrected chi connectivity index (χ0v) is 13.1. The first-order chi connectivity index (χ1) is 9.45. The molecule has 1 aromatic carbocycles. The van der Waals surface area contributed by atoms with Crippen molar-refractivity contribution < 1.29 is 0 Å². The average molecular weight is 288 g/mol. The monoisotopic (exact) mass is 288 g/mol. The standard InChI is InChI=1S/C15H20N4S/c1-10-5-6-11(2)14(7-10)17-15(20)16-9-13-8-12(3)19(4)18-13/h5-8H,9H2,1-4H3,(H2,16,17,20). The van der Waals surface area contributed by atoms with E-state index in [4.69, 9.17) is 12.2 Å². The van der Waals surface area contributed by atoms with Gasteiger partial charge in [-0.3, -0.25) is 4.68 Å². The van der Waals surface area contributed by atoms with Gasteiger partial charge in [-0.25, -0.2) is 0 Å². The summed E-state index contributed by atoms with van der Waals surface area (Å²) in [7, 11) is 1.94. The molecule has 0 saturated carbocycles. The lowest BCUT2D eigenvalue weighted by Gasteiger charge is -2.12. The van der Waals surface area contributed by atoms with Crippen LogP contribution in [0.25, 0.3) is 0 Å². The minimum absolute atomic E-state index is 0.613. The van der Waals surface area contributed by atoms with Crippen LogP contribution in [0, 0.1) is 20.8 Å². The van der Waals surface area contributed by atoms with E-state index in [0.717, 1.165) is 17.1 Å². The largest absolute Gasteiger partial charge is 0.357 e. The van der Waals surface area contributed by atoms with Crippen LogP contribution in [0.4, 0.5) is 5.69 Å². The lowest BCUT2D eigenvalue weighted by Crippen LogP contribution is -2.28. The Morgan fingerprint density at radius 1 is 1.25 bits per heavy atom. The third kappa shape index (κ3) is 3.57. The predicted molar refractivity (Wildman–Crippen MR) is 86.9 cm³/mol. The third-order valence-corrected chi connectivity index (χ3v) is 3.48. The summed E-state index contributed by atoms with van der Waals surface area (Å²) in [6, 6.07) is 8.32. The van der Waals surface area contributed by atoms with Crippen molar-refractivity contribution in [1.29, 1.82) is 0 Å². The number of aromatic nitrogens is 2. The van der Waals surface area contributed by atoms with Gasteiger partial charge >= 0.3 is 0 Å². The fourth-order valence-electron chi connectivity index (χ4n) is 1.93. The SMILES string of the molecule is Cc1ccc(C)c(NC(=S)NCc2cc(C)n(C)n2)c1. The van der Waals surface area contributed by atoms with Crippen LogP contribution in [0.3, 0.4) is 0 Å². The number of thiocarbonyl (C=S) groups is 1. The second-order valence-electron chi connectivity index (χ2n) is 5.03. The average Bonchev–Trinajstić information content (AvgIpc) is 2.71. The van der Waals surface area contributed by atoms with Crippen molar-refractivity contribution in [1.82, 2.24) is 15.1 Å². The maximum atomic E-state index is 5.32. The van der Waals surface area contributed by atoms with E-state index in [1.807, 2.05) is 24.7 Å². The normalized spacial score (nSPS) is 10.4. The molecule has 2 N–H and O–H groups in total. The molecular formula is C15H20N4S. The Balaban J connectivity index is 1.94. The highest BCUT2D eigenvalue weighted by Crippen LogP contribution is 2.16. The molecule has 0 saturated heterocycles.